The van der Waals surface area contributed by atoms with Crippen LogP contribution < -0.4 is 10.0 Å². The van der Waals surface area contributed by atoms with E-state index in [4.69, 9.17) is 5.14 Å². The molecule has 0 aromatic heterocycles. The molecule has 0 saturated heterocycles. The van der Waals surface area contributed by atoms with E-state index in [0.29, 0.717) is 5.56 Å². The SMILES string of the molecule is NS(=O)(=O)c1ccc2c(c1)S(=O)(=O)c1ccccc1C(=O)N2Cc1ccc(F)cc1. The van der Waals surface area contributed by atoms with Gasteiger partial charge in [-0.25, -0.2) is 26.4 Å². The fraction of sp³-hybridized carbons (Fsp3) is 0.0500. The van der Waals surface area contributed by atoms with Crippen LogP contribution in [0.15, 0.2) is 81.4 Å². The van der Waals surface area contributed by atoms with Crippen molar-refractivity contribution in [1.82, 2.24) is 0 Å². The van der Waals surface area contributed by atoms with Crippen LogP contribution in [0.2, 0.25) is 0 Å². The van der Waals surface area contributed by atoms with Gasteiger partial charge >= 0.3 is 0 Å². The number of hydrogen-bond acceptors (Lipinski definition) is 5. The van der Waals surface area contributed by atoms with Crippen molar-refractivity contribution >= 4 is 31.5 Å². The first-order valence-corrected chi connectivity index (χ1v) is 11.7. The highest BCUT2D eigenvalue weighted by atomic mass is 32.2. The number of amides is 1. The molecule has 1 amide bonds. The van der Waals surface area contributed by atoms with Crippen LogP contribution in [0.1, 0.15) is 15.9 Å². The van der Waals surface area contributed by atoms with Gasteiger partial charge in [-0.2, -0.15) is 0 Å². The van der Waals surface area contributed by atoms with Gasteiger partial charge in [0.05, 0.1) is 32.5 Å². The first kappa shape index (κ1) is 20.2. The van der Waals surface area contributed by atoms with Crippen molar-refractivity contribution in [3.05, 3.63) is 83.7 Å². The zero-order valence-electron chi connectivity index (χ0n) is 15.3. The molecule has 4 rings (SSSR count). The minimum atomic E-state index is -4.23. The number of anilines is 1. The van der Waals surface area contributed by atoms with Gasteiger partial charge in [0.15, 0.2) is 0 Å². The van der Waals surface area contributed by atoms with E-state index in [2.05, 4.69) is 0 Å². The van der Waals surface area contributed by atoms with Crippen molar-refractivity contribution in [1.29, 1.82) is 0 Å². The second-order valence-electron chi connectivity index (χ2n) is 6.69. The molecule has 7 nitrogen and oxygen atoms in total. The number of rotatable bonds is 3. The van der Waals surface area contributed by atoms with E-state index in [1.54, 1.807) is 0 Å². The minimum absolute atomic E-state index is 0.00734. The van der Waals surface area contributed by atoms with Crippen molar-refractivity contribution in [2.24, 2.45) is 5.14 Å². The highest BCUT2D eigenvalue weighted by molar-refractivity contribution is 7.92. The van der Waals surface area contributed by atoms with E-state index in [0.717, 1.165) is 12.1 Å². The largest absolute Gasteiger partial charge is 0.303 e. The number of sulfonamides is 1. The quantitative estimate of drug-likeness (QED) is 0.664. The van der Waals surface area contributed by atoms with Gasteiger partial charge < -0.3 is 4.90 Å². The van der Waals surface area contributed by atoms with Crippen LogP contribution in [0, 0.1) is 5.82 Å². The number of carbonyl (C=O) groups excluding carboxylic acids is 1. The Morgan fingerprint density at radius 3 is 2.27 bits per heavy atom. The van der Waals surface area contributed by atoms with Crippen molar-refractivity contribution in [3.8, 4) is 0 Å². The van der Waals surface area contributed by atoms with Crippen LogP contribution in [0.4, 0.5) is 10.1 Å². The number of benzene rings is 3. The summed E-state index contributed by atoms with van der Waals surface area (Å²) >= 11 is 0. The van der Waals surface area contributed by atoms with Gasteiger partial charge in [-0.3, -0.25) is 4.79 Å². The molecule has 2 N–H and O–H groups in total. The minimum Gasteiger partial charge on any atom is -0.303 e. The highest BCUT2D eigenvalue weighted by Gasteiger charge is 2.36. The summed E-state index contributed by atoms with van der Waals surface area (Å²) in [5.41, 5.74) is 0.517. The van der Waals surface area contributed by atoms with Gasteiger partial charge in [-0.1, -0.05) is 24.3 Å². The third-order valence-electron chi connectivity index (χ3n) is 4.75. The Balaban J connectivity index is 2.00. The molecular formula is C20H15FN2O5S2. The summed E-state index contributed by atoms with van der Waals surface area (Å²) in [5, 5.41) is 5.17. The summed E-state index contributed by atoms with van der Waals surface area (Å²) in [4.78, 5) is 13.5. The van der Waals surface area contributed by atoms with Crippen molar-refractivity contribution in [2.75, 3.05) is 4.90 Å². The molecule has 1 aliphatic rings. The number of hydrogen-bond donors (Lipinski definition) is 1. The van der Waals surface area contributed by atoms with E-state index in [1.807, 2.05) is 0 Å². The van der Waals surface area contributed by atoms with E-state index < -0.39 is 36.5 Å². The van der Waals surface area contributed by atoms with E-state index in [9.17, 15) is 26.0 Å². The van der Waals surface area contributed by atoms with Gasteiger partial charge in [0.2, 0.25) is 19.9 Å². The molecule has 0 atom stereocenters. The second-order valence-corrected chi connectivity index (χ2v) is 10.1. The predicted molar refractivity (Wildman–Crippen MR) is 107 cm³/mol. The topological polar surface area (TPSA) is 115 Å². The molecular weight excluding hydrogens is 431 g/mol. The molecule has 30 heavy (non-hydrogen) atoms. The van der Waals surface area contributed by atoms with Gasteiger partial charge in [-0.05, 0) is 48.0 Å². The predicted octanol–water partition coefficient (Wildman–Crippen LogP) is 2.47. The number of nitrogens with two attached hydrogens (primary N) is 1. The van der Waals surface area contributed by atoms with Gasteiger partial charge in [-0.15, -0.1) is 0 Å². The van der Waals surface area contributed by atoms with Crippen molar-refractivity contribution < 1.29 is 26.0 Å². The maximum atomic E-state index is 13.3. The summed E-state index contributed by atoms with van der Waals surface area (Å²) in [6.07, 6.45) is 0. The zero-order chi connectivity index (χ0) is 21.7. The molecule has 0 bridgehead atoms. The first-order chi connectivity index (χ1) is 14.1. The first-order valence-electron chi connectivity index (χ1n) is 8.66. The lowest BCUT2D eigenvalue weighted by molar-refractivity contribution is 0.0982. The molecule has 0 saturated carbocycles. The van der Waals surface area contributed by atoms with E-state index in [1.165, 1.54) is 59.5 Å². The number of fused-ring (bicyclic) bond motifs is 2. The maximum Gasteiger partial charge on any atom is 0.259 e. The molecule has 3 aromatic rings. The fourth-order valence-electron chi connectivity index (χ4n) is 3.29. The Morgan fingerprint density at radius 1 is 0.933 bits per heavy atom. The average Bonchev–Trinajstić information content (AvgIpc) is 2.77. The normalized spacial score (nSPS) is 15.3. The molecule has 0 aliphatic carbocycles. The Hall–Kier alpha value is -3.08. The van der Waals surface area contributed by atoms with Crippen LogP contribution in [-0.2, 0) is 26.4 Å². The van der Waals surface area contributed by atoms with Crippen LogP contribution in [0.25, 0.3) is 0 Å². The molecule has 1 aliphatic heterocycles. The lowest BCUT2D eigenvalue weighted by Gasteiger charge is -2.23. The molecule has 10 heteroatoms. The number of halogens is 1. The Labute approximate surface area is 172 Å². The van der Waals surface area contributed by atoms with Crippen LogP contribution in [0.5, 0.6) is 0 Å². The molecule has 0 spiro atoms. The number of carbonyl (C=O) groups is 1. The van der Waals surface area contributed by atoms with Crippen LogP contribution in [0.3, 0.4) is 0 Å². The number of primary sulfonamides is 1. The van der Waals surface area contributed by atoms with Gasteiger partial charge in [0, 0.05) is 0 Å². The third-order valence-corrected chi connectivity index (χ3v) is 7.50. The summed E-state index contributed by atoms with van der Waals surface area (Å²) in [6, 6.07) is 14.4. The second kappa shape index (κ2) is 7.01. The average molecular weight is 446 g/mol. The lowest BCUT2D eigenvalue weighted by atomic mass is 10.1. The molecule has 1 heterocycles. The number of sulfone groups is 1. The molecule has 0 fully saturated rings. The van der Waals surface area contributed by atoms with Crippen molar-refractivity contribution in [3.63, 3.8) is 0 Å². The monoisotopic (exact) mass is 446 g/mol. The van der Waals surface area contributed by atoms with Gasteiger partial charge in [0.1, 0.15) is 5.82 Å². The zero-order valence-corrected chi connectivity index (χ0v) is 17.0. The highest BCUT2D eigenvalue weighted by Crippen LogP contribution is 2.38. The van der Waals surface area contributed by atoms with Crippen molar-refractivity contribution in [2.45, 2.75) is 21.2 Å². The van der Waals surface area contributed by atoms with E-state index >= 15 is 0 Å². The van der Waals surface area contributed by atoms with Crippen LogP contribution >= 0.6 is 0 Å². The summed E-state index contributed by atoms with van der Waals surface area (Å²) < 4.78 is 63.5. The summed E-state index contributed by atoms with van der Waals surface area (Å²) in [5.74, 6) is -1.03. The molecule has 3 aromatic carbocycles. The fourth-order valence-corrected chi connectivity index (χ4v) is 5.58. The Morgan fingerprint density at radius 2 is 1.60 bits per heavy atom. The number of nitrogens with zero attached hydrogens (tertiary/aromatic N) is 1. The Bertz CT molecular complexity index is 1380. The molecule has 0 unspecified atom stereocenters. The third kappa shape index (κ3) is 3.38. The molecule has 154 valence electrons. The lowest BCUT2D eigenvalue weighted by Crippen LogP contribution is -2.30. The van der Waals surface area contributed by atoms with E-state index in [-0.39, 0.29) is 27.6 Å². The summed E-state index contributed by atoms with van der Waals surface area (Å²) in [6.45, 7) is -0.0509. The smallest absolute Gasteiger partial charge is 0.259 e. The van der Waals surface area contributed by atoms with Crippen LogP contribution in [-0.4, -0.2) is 22.7 Å². The summed E-state index contributed by atoms with van der Waals surface area (Å²) in [7, 11) is -8.41. The maximum absolute atomic E-state index is 13.3. The molecule has 0 radical (unpaired) electrons. The van der Waals surface area contributed by atoms with Gasteiger partial charge in [0.25, 0.3) is 5.91 Å². The standard InChI is InChI=1S/C20H15FN2O5S2/c21-14-7-5-13(6-8-14)12-23-17-10-9-15(30(22,27)28)11-19(17)29(25,26)18-4-2-1-3-16(18)20(23)24/h1-11H,12H2,(H2,22,27,28). The Kier molecular flexibility index (Phi) is 4.72.